The predicted molar refractivity (Wildman–Crippen MR) is 81.2 cm³/mol. The maximum Gasteiger partial charge on any atom is 0.262 e. The lowest BCUT2D eigenvalue weighted by molar-refractivity contribution is -0.133. The summed E-state index contributed by atoms with van der Waals surface area (Å²) < 4.78 is 26.5. The van der Waals surface area contributed by atoms with Gasteiger partial charge in [-0.05, 0) is 18.6 Å². The molecule has 2 aliphatic heterocycles. The molecule has 3 rings (SSSR count). The third-order valence-electron chi connectivity index (χ3n) is 4.34. The van der Waals surface area contributed by atoms with Gasteiger partial charge in [0, 0.05) is 38.3 Å². The van der Waals surface area contributed by atoms with Gasteiger partial charge in [0.2, 0.25) is 5.91 Å². The fourth-order valence-corrected chi connectivity index (χ4v) is 3.15. The molecule has 1 unspecified atom stereocenters. The number of carbonyl (C=O) groups excluding carboxylic acids is 1. The average molecular weight is 309 g/mol. The van der Waals surface area contributed by atoms with Gasteiger partial charge in [0.1, 0.15) is 0 Å². The van der Waals surface area contributed by atoms with Gasteiger partial charge >= 0.3 is 0 Å². The van der Waals surface area contributed by atoms with E-state index in [0.29, 0.717) is 13.1 Å². The zero-order chi connectivity index (χ0) is 15.6. The summed E-state index contributed by atoms with van der Waals surface area (Å²) >= 11 is 0. The summed E-state index contributed by atoms with van der Waals surface area (Å²) in [7, 11) is 0. The molecule has 1 atom stereocenters. The quantitative estimate of drug-likeness (QED) is 0.903. The molecule has 2 heterocycles. The molecule has 1 aromatic rings. The minimum Gasteiger partial charge on any atom is -0.370 e. The number of anilines is 1. The first-order chi connectivity index (χ1) is 10.6. The van der Waals surface area contributed by atoms with Crippen molar-refractivity contribution >= 4 is 11.6 Å². The fourth-order valence-electron chi connectivity index (χ4n) is 3.15. The number of rotatable bonds is 2. The number of benzene rings is 1. The highest BCUT2D eigenvalue weighted by molar-refractivity contribution is 5.82. The molecule has 2 fully saturated rings. The molecule has 22 heavy (non-hydrogen) atoms. The molecule has 4 nitrogen and oxygen atoms in total. The molecule has 0 saturated carbocycles. The Morgan fingerprint density at radius 1 is 1.14 bits per heavy atom. The Hall–Kier alpha value is -1.69. The van der Waals surface area contributed by atoms with Crippen LogP contribution < -0.4 is 10.2 Å². The van der Waals surface area contributed by atoms with Crippen molar-refractivity contribution in [3.8, 4) is 0 Å². The SMILES string of the molecule is O=C(C1CC(F)(F)CN1)N1CCCN(c2ccccc2)CC1. The van der Waals surface area contributed by atoms with Crippen LogP contribution in [-0.2, 0) is 4.79 Å². The number of carbonyl (C=O) groups is 1. The molecule has 1 aromatic carbocycles. The molecular weight excluding hydrogens is 288 g/mol. The summed E-state index contributed by atoms with van der Waals surface area (Å²) in [6, 6.07) is 9.33. The summed E-state index contributed by atoms with van der Waals surface area (Å²) in [4.78, 5) is 16.4. The van der Waals surface area contributed by atoms with Crippen LogP contribution in [0, 0.1) is 0 Å². The molecule has 120 valence electrons. The number of nitrogens with one attached hydrogen (secondary N) is 1. The highest BCUT2D eigenvalue weighted by Crippen LogP contribution is 2.26. The van der Waals surface area contributed by atoms with Crippen molar-refractivity contribution in [2.75, 3.05) is 37.6 Å². The first-order valence-corrected chi connectivity index (χ1v) is 7.75. The minimum absolute atomic E-state index is 0.188. The van der Waals surface area contributed by atoms with Crippen LogP contribution in [0.3, 0.4) is 0 Å². The van der Waals surface area contributed by atoms with Crippen molar-refractivity contribution in [2.24, 2.45) is 0 Å². The second kappa shape index (κ2) is 6.20. The Kier molecular flexibility index (Phi) is 4.29. The van der Waals surface area contributed by atoms with Crippen molar-refractivity contribution in [2.45, 2.75) is 24.8 Å². The number of para-hydroxylation sites is 1. The van der Waals surface area contributed by atoms with Gasteiger partial charge in [-0.25, -0.2) is 8.78 Å². The smallest absolute Gasteiger partial charge is 0.262 e. The number of hydrogen-bond acceptors (Lipinski definition) is 3. The molecule has 0 aromatic heterocycles. The van der Waals surface area contributed by atoms with Crippen LogP contribution in [0.1, 0.15) is 12.8 Å². The Morgan fingerprint density at radius 3 is 2.59 bits per heavy atom. The number of amides is 1. The van der Waals surface area contributed by atoms with Crippen LogP contribution in [0.2, 0.25) is 0 Å². The number of nitrogens with zero attached hydrogens (tertiary/aromatic N) is 2. The van der Waals surface area contributed by atoms with E-state index in [2.05, 4.69) is 22.3 Å². The molecule has 0 spiro atoms. The third kappa shape index (κ3) is 3.38. The van der Waals surface area contributed by atoms with E-state index in [1.807, 2.05) is 18.2 Å². The van der Waals surface area contributed by atoms with Crippen LogP contribution in [0.5, 0.6) is 0 Å². The Balaban J connectivity index is 1.60. The highest BCUT2D eigenvalue weighted by atomic mass is 19.3. The van der Waals surface area contributed by atoms with Crippen LogP contribution in [0.4, 0.5) is 14.5 Å². The highest BCUT2D eigenvalue weighted by Gasteiger charge is 2.43. The van der Waals surface area contributed by atoms with Crippen molar-refractivity contribution in [1.82, 2.24) is 10.2 Å². The average Bonchev–Trinajstić information content (AvgIpc) is 2.74. The zero-order valence-electron chi connectivity index (χ0n) is 12.5. The topological polar surface area (TPSA) is 35.6 Å². The summed E-state index contributed by atoms with van der Waals surface area (Å²) in [5.74, 6) is -2.95. The van der Waals surface area contributed by atoms with E-state index in [1.54, 1.807) is 4.90 Å². The molecule has 6 heteroatoms. The third-order valence-corrected chi connectivity index (χ3v) is 4.34. The van der Waals surface area contributed by atoms with Crippen LogP contribution in [0.25, 0.3) is 0 Å². The lowest BCUT2D eigenvalue weighted by Crippen LogP contribution is -2.45. The predicted octanol–water partition coefficient (Wildman–Crippen LogP) is 1.72. The first kappa shape index (κ1) is 15.2. The molecule has 0 aliphatic carbocycles. The minimum atomic E-state index is -2.76. The summed E-state index contributed by atoms with van der Waals surface area (Å²) in [5.41, 5.74) is 1.14. The van der Waals surface area contributed by atoms with Crippen LogP contribution in [-0.4, -0.2) is 55.5 Å². The lowest BCUT2D eigenvalue weighted by Gasteiger charge is -2.25. The standard InChI is InChI=1S/C16H21F2N3O/c17-16(18)11-14(19-12-16)15(22)21-8-4-7-20(9-10-21)13-5-2-1-3-6-13/h1-3,5-6,14,19H,4,7-12H2. The van der Waals surface area contributed by atoms with Gasteiger partial charge < -0.3 is 9.80 Å². The maximum absolute atomic E-state index is 13.2. The molecule has 0 bridgehead atoms. The number of hydrogen-bond donors (Lipinski definition) is 1. The summed E-state index contributed by atoms with van der Waals surface area (Å²) in [6.45, 7) is 2.43. The van der Waals surface area contributed by atoms with E-state index in [0.717, 1.165) is 25.2 Å². The van der Waals surface area contributed by atoms with E-state index >= 15 is 0 Å². The Labute approximate surface area is 129 Å². The Bertz CT molecular complexity index is 523. The van der Waals surface area contributed by atoms with Gasteiger partial charge in [0.15, 0.2) is 0 Å². The lowest BCUT2D eigenvalue weighted by atomic mass is 10.1. The van der Waals surface area contributed by atoms with Crippen molar-refractivity contribution in [3.63, 3.8) is 0 Å². The van der Waals surface area contributed by atoms with Gasteiger partial charge in [-0.15, -0.1) is 0 Å². The second-order valence-electron chi connectivity index (χ2n) is 5.99. The molecule has 2 saturated heterocycles. The van der Waals surface area contributed by atoms with E-state index in [1.165, 1.54) is 0 Å². The summed E-state index contributed by atoms with van der Waals surface area (Å²) in [6.07, 6.45) is 0.467. The van der Waals surface area contributed by atoms with Crippen molar-refractivity contribution in [1.29, 1.82) is 0 Å². The van der Waals surface area contributed by atoms with Crippen molar-refractivity contribution in [3.05, 3.63) is 30.3 Å². The van der Waals surface area contributed by atoms with Gasteiger partial charge in [0.25, 0.3) is 5.92 Å². The zero-order valence-corrected chi connectivity index (χ0v) is 12.5. The monoisotopic (exact) mass is 309 g/mol. The molecule has 2 aliphatic rings. The van der Waals surface area contributed by atoms with Crippen molar-refractivity contribution < 1.29 is 13.6 Å². The molecular formula is C16H21F2N3O. The van der Waals surface area contributed by atoms with Crippen LogP contribution in [0.15, 0.2) is 30.3 Å². The maximum atomic E-state index is 13.2. The van der Waals surface area contributed by atoms with Gasteiger partial charge in [-0.2, -0.15) is 0 Å². The van der Waals surface area contributed by atoms with E-state index in [4.69, 9.17) is 0 Å². The molecule has 1 N–H and O–H groups in total. The first-order valence-electron chi connectivity index (χ1n) is 7.75. The second-order valence-corrected chi connectivity index (χ2v) is 5.99. The molecule has 0 radical (unpaired) electrons. The van der Waals surface area contributed by atoms with E-state index in [9.17, 15) is 13.6 Å². The van der Waals surface area contributed by atoms with E-state index < -0.39 is 18.5 Å². The number of alkyl halides is 2. The van der Waals surface area contributed by atoms with Gasteiger partial charge in [-0.3, -0.25) is 10.1 Å². The van der Waals surface area contributed by atoms with Gasteiger partial charge in [-0.1, -0.05) is 18.2 Å². The Morgan fingerprint density at radius 2 is 1.91 bits per heavy atom. The molecule has 1 amide bonds. The van der Waals surface area contributed by atoms with Crippen LogP contribution >= 0.6 is 0 Å². The van der Waals surface area contributed by atoms with E-state index in [-0.39, 0.29) is 12.3 Å². The normalized spacial score (nSPS) is 25.1. The summed E-state index contributed by atoms with van der Waals surface area (Å²) in [5, 5.41) is 2.65. The number of halogens is 2. The largest absolute Gasteiger partial charge is 0.370 e. The fraction of sp³-hybridized carbons (Fsp3) is 0.562. The van der Waals surface area contributed by atoms with Gasteiger partial charge in [0.05, 0.1) is 12.6 Å².